The quantitative estimate of drug-likeness (QED) is 0.576. The van der Waals surface area contributed by atoms with E-state index in [1.54, 1.807) is 61.8 Å². The van der Waals surface area contributed by atoms with Gasteiger partial charge in [-0.05, 0) is 48.5 Å². The number of hydrogen-bond acceptors (Lipinski definition) is 6. The Kier molecular flexibility index (Phi) is 4.59. The average molecular weight is 384 g/mol. The van der Waals surface area contributed by atoms with Crippen LogP contribution in [-0.2, 0) is 0 Å². The minimum absolute atomic E-state index is 0.117. The van der Waals surface area contributed by atoms with E-state index in [1.807, 2.05) is 6.07 Å². The number of nitrogens with zero attached hydrogens (tertiary/aromatic N) is 3. The van der Waals surface area contributed by atoms with Crippen molar-refractivity contribution in [3.63, 3.8) is 0 Å². The Balaban J connectivity index is 1.91. The maximum absolute atomic E-state index is 12.5. The number of hydrogen-bond donors (Lipinski definition) is 1. The minimum Gasteiger partial charge on any atom is -0.497 e. The van der Waals surface area contributed by atoms with Crippen molar-refractivity contribution in [1.29, 1.82) is 5.26 Å². The summed E-state index contributed by atoms with van der Waals surface area (Å²) in [6, 6.07) is 17.5. The molecule has 3 aromatic heterocycles. The Labute approximate surface area is 166 Å². The van der Waals surface area contributed by atoms with Crippen molar-refractivity contribution in [2.45, 2.75) is 0 Å². The average Bonchev–Trinajstić information content (AvgIpc) is 3.29. The highest BCUT2D eigenvalue weighted by Gasteiger charge is 2.16. The van der Waals surface area contributed by atoms with Crippen LogP contribution in [0.2, 0.25) is 0 Å². The van der Waals surface area contributed by atoms with Gasteiger partial charge >= 0.3 is 0 Å². The molecule has 0 aliphatic rings. The standard InChI is InChI=1S/C22H16N4O3/c1-28-17-7-5-16(6-8-17)26-13-14(4-9-20(26)27)18-11-15(12-23)22(24)25-21(18)19-3-2-10-29-19/h2-11,13H,1H3,(H2,24,25). The summed E-state index contributed by atoms with van der Waals surface area (Å²) in [6.45, 7) is 0. The topological polar surface area (TPSA) is 107 Å². The summed E-state index contributed by atoms with van der Waals surface area (Å²) in [6.07, 6.45) is 3.23. The van der Waals surface area contributed by atoms with Gasteiger partial charge in [0.2, 0.25) is 0 Å². The molecule has 0 amide bonds. The second-order valence-electron chi connectivity index (χ2n) is 6.23. The molecule has 0 aliphatic heterocycles. The predicted octanol–water partition coefficient (Wildman–Crippen LogP) is 3.62. The van der Waals surface area contributed by atoms with Crippen LogP contribution in [0.4, 0.5) is 5.82 Å². The van der Waals surface area contributed by atoms with Gasteiger partial charge in [0.1, 0.15) is 23.3 Å². The first kappa shape index (κ1) is 18.1. The molecule has 0 atom stereocenters. The molecule has 29 heavy (non-hydrogen) atoms. The molecule has 7 heteroatoms. The maximum Gasteiger partial charge on any atom is 0.255 e. The van der Waals surface area contributed by atoms with Crippen LogP contribution >= 0.6 is 0 Å². The monoisotopic (exact) mass is 384 g/mol. The largest absolute Gasteiger partial charge is 0.497 e. The Morgan fingerprint density at radius 1 is 1.17 bits per heavy atom. The fraction of sp³-hybridized carbons (Fsp3) is 0.0455. The summed E-state index contributed by atoms with van der Waals surface area (Å²) in [5, 5.41) is 9.38. The summed E-state index contributed by atoms with van der Waals surface area (Å²) in [5.74, 6) is 1.32. The number of pyridine rings is 2. The first-order valence-electron chi connectivity index (χ1n) is 8.72. The van der Waals surface area contributed by atoms with Gasteiger partial charge in [0, 0.05) is 29.1 Å². The fourth-order valence-electron chi connectivity index (χ4n) is 3.03. The van der Waals surface area contributed by atoms with Gasteiger partial charge in [-0.3, -0.25) is 9.36 Å². The summed E-state index contributed by atoms with van der Waals surface area (Å²) < 4.78 is 12.2. The van der Waals surface area contributed by atoms with Gasteiger partial charge in [0.15, 0.2) is 5.76 Å². The van der Waals surface area contributed by atoms with Gasteiger partial charge in [-0.2, -0.15) is 5.26 Å². The molecule has 0 radical (unpaired) electrons. The number of anilines is 1. The second-order valence-corrected chi connectivity index (χ2v) is 6.23. The van der Waals surface area contributed by atoms with Gasteiger partial charge in [-0.15, -0.1) is 0 Å². The molecule has 1 aromatic carbocycles. The number of benzene rings is 1. The second kappa shape index (κ2) is 7.37. The minimum atomic E-state index is -0.192. The van der Waals surface area contributed by atoms with Gasteiger partial charge in [-0.1, -0.05) is 0 Å². The Morgan fingerprint density at radius 3 is 2.62 bits per heavy atom. The number of aromatic nitrogens is 2. The number of rotatable bonds is 4. The zero-order chi connectivity index (χ0) is 20.4. The number of furan rings is 1. The lowest BCUT2D eigenvalue weighted by Gasteiger charge is -2.12. The highest BCUT2D eigenvalue weighted by atomic mass is 16.5. The summed E-state index contributed by atoms with van der Waals surface area (Å²) >= 11 is 0. The van der Waals surface area contributed by atoms with E-state index < -0.39 is 0 Å². The zero-order valence-corrected chi connectivity index (χ0v) is 15.5. The molecule has 0 unspecified atom stereocenters. The molecule has 4 rings (SSSR count). The van der Waals surface area contributed by atoms with E-state index in [2.05, 4.69) is 4.98 Å². The summed E-state index contributed by atoms with van der Waals surface area (Å²) in [4.78, 5) is 16.8. The van der Waals surface area contributed by atoms with Crippen molar-refractivity contribution in [3.8, 4) is 40.1 Å². The van der Waals surface area contributed by atoms with Crippen LogP contribution < -0.4 is 16.0 Å². The highest BCUT2D eigenvalue weighted by Crippen LogP contribution is 2.33. The Hall–Kier alpha value is -4.31. The van der Waals surface area contributed by atoms with Crippen LogP contribution in [0.1, 0.15) is 5.56 Å². The van der Waals surface area contributed by atoms with E-state index in [1.165, 1.54) is 16.9 Å². The smallest absolute Gasteiger partial charge is 0.255 e. The molecule has 0 spiro atoms. The molecule has 0 saturated carbocycles. The fourth-order valence-corrected chi connectivity index (χ4v) is 3.03. The lowest BCUT2D eigenvalue weighted by Crippen LogP contribution is -2.16. The molecule has 142 valence electrons. The molecular weight excluding hydrogens is 368 g/mol. The molecule has 4 aromatic rings. The molecule has 0 fully saturated rings. The molecule has 7 nitrogen and oxygen atoms in total. The Bertz CT molecular complexity index is 1270. The van der Waals surface area contributed by atoms with Crippen LogP contribution in [0.5, 0.6) is 5.75 Å². The molecule has 3 heterocycles. The third-order valence-electron chi connectivity index (χ3n) is 4.50. The lowest BCUT2D eigenvalue weighted by molar-refractivity contribution is 0.414. The predicted molar refractivity (Wildman–Crippen MR) is 109 cm³/mol. The molecule has 0 aliphatic carbocycles. The van der Waals surface area contributed by atoms with Crippen molar-refractivity contribution in [3.05, 3.63) is 83.0 Å². The van der Waals surface area contributed by atoms with Crippen LogP contribution in [0.3, 0.4) is 0 Å². The number of nitriles is 1. The van der Waals surface area contributed by atoms with Gasteiger partial charge in [-0.25, -0.2) is 4.98 Å². The Morgan fingerprint density at radius 2 is 1.97 bits per heavy atom. The van der Waals surface area contributed by atoms with Crippen LogP contribution in [0, 0.1) is 11.3 Å². The molecule has 2 N–H and O–H groups in total. The van der Waals surface area contributed by atoms with E-state index in [9.17, 15) is 10.1 Å². The highest BCUT2D eigenvalue weighted by molar-refractivity contribution is 5.81. The van der Waals surface area contributed by atoms with E-state index in [4.69, 9.17) is 14.9 Å². The van der Waals surface area contributed by atoms with E-state index in [0.29, 0.717) is 34.0 Å². The lowest BCUT2D eigenvalue weighted by atomic mass is 10.0. The van der Waals surface area contributed by atoms with Crippen LogP contribution in [0.15, 0.2) is 76.3 Å². The normalized spacial score (nSPS) is 10.5. The molecule has 0 saturated heterocycles. The van der Waals surface area contributed by atoms with Crippen LogP contribution in [0.25, 0.3) is 28.3 Å². The number of nitrogens with two attached hydrogens (primary N) is 1. The molecular formula is C22H16N4O3. The maximum atomic E-state index is 12.5. The SMILES string of the molecule is COc1ccc(-n2cc(-c3cc(C#N)c(N)nc3-c3ccco3)ccc2=O)cc1. The number of methoxy groups -OCH3 is 1. The molecule has 0 bridgehead atoms. The summed E-state index contributed by atoms with van der Waals surface area (Å²) in [5.41, 5.74) is 8.47. The number of ether oxygens (including phenoxy) is 1. The third-order valence-corrected chi connectivity index (χ3v) is 4.50. The zero-order valence-electron chi connectivity index (χ0n) is 15.5. The van der Waals surface area contributed by atoms with Crippen molar-refractivity contribution in [2.75, 3.05) is 12.8 Å². The van der Waals surface area contributed by atoms with E-state index in [0.717, 1.165) is 0 Å². The van der Waals surface area contributed by atoms with Crippen molar-refractivity contribution in [1.82, 2.24) is 9.55 Å². The summed E-state index contributed by atoms with van der Waals surface area (Å²) in [7, 11) is 1.58. The van der Waals surface area contributed by atoms with Crippen molar-refractivity contribution >= 4 is 5.82 Å². The number of nitrogen functional groups attached to an aromatic ring is 1. The first-order chi connectivity index (χ1) is 14.1. The first-order valence-corrected chi connectivity index (χ1v) is 8.72. The van der Waals surface area contributed by atoms with E-state index in [-0.39, 0.29) is 16.9 Å². The van der Waals surface area contributed by atoms with E-state index >= 15 is 0 Å². The third kappa shape index (κ3) is 3.35. The van der Waals surface area contributed by atoms with Gasteiger partial charge < -0.3 is 14.9 Å². The van der Waals surface area contributed by atoms with Gasteiger partial charge in [0.05, 0.1) is 18.9 Å². The van der Waals surface area contributed by atoms with Gasteiger partial charge in [0.25, 0.3) is 5.56 Å². The van der Waals surface area contributed by atoms with Crippen molar-refractivity contribution in [2.24, 2.45) is 0 Å². The van der Waals surface area contributed by atoms with Crippen LogP contribution in [-0.4, -0.2) is 16.7 Å². The van der Waals surface area contributed by atoms with Crippen molar-refractivity contribution < 1.29 is 9.15 Å².